The Balaban J connectivity index is 1.46. The zero-order valence-corrected chi connectivity index (χ0v) is 22.3. The molecule has 4 N–H and O–H groups in total. The molecule has 6 rings (SSSR count). The topological polar surface area (TPSA) is 145 Å². The summed E-state index contributed by atoms with van der Waals surface area (Å²) in [6.45, 7) is 1.81. The maximum Gasteiger partial charge on any atom is 0.416 e. The second-order valence-corrected chi connectivity index (χ2v) is 9.60. The van der Waals surface area contributed by atoms with E-state index in [1.165, 1.54) is 35.5 Å². The number of benzene rings is 3. The van der Waals surface area contributed by atoms with Crippen LogP contribution in [0.2, 0.25) is 0 Å². The lowest BCUT2D eigenvalue weighted by atomic mass is 9.91. The van der Waals surface area contributed by atoms with Crippen molar-refractivity contribution in [3.8, 4) is 33.8 Å². The number of carbonyl (C=O) groups excluding carboxylic acids is 1. The van der Waals surface area contributed by atoms with Gasteiger partial charge in [-0.3, -0.25) is 4.79 Å². The highest BCUT2D eigenvalue weighted by Gasteiger charge is 2.30. The third-order valence-corrected chi connectivity index (χ3v) is 6.76. The van der Waals surface area contributed by atoms with Gasteiger partial charge in [0.05, 0.1) is 29.0 Å². The van der Waals surface area contributed by atoms with Crippen molar-refractivity contribution in [1.82, 2.24) is 29.9 Å². The smallest absolute Gasteiger partial charge is 0.416 e. The number of pyridine rings is 1. The van der Waals surface area contributed by atoms with Crippen LogP contribution in [0.5, 0.6) is 5.75 Å². The average molecular weight is 583 g/mol. The van der Waals surface area contributed by atoms with E-state index in [1.54, 1.807) is 49.5 Å². The number of nitrogens with zero attached hydrogens (tertiary/aromatic N) is 6. The summed E-state index contributed by atoms with van der Waals surface area (Å²) < 4.78 is 39.5. The molecular weight excluding hydrogens is 561 g/mol. The quantitative estimate of drug-likeness (QED) is 0.231. The second-order valence-electron chi connectivity index (χ2n) is 9.60. The number of nitrogen functional groups attached to an aromatic ring is 1. The largest absolute Gasteiger partial charge is 0.507 e. The van der Waals surface area contributed by atoms with Gasteiger partial charge in [0.1, 0.15) is 5.75 Å². The first-order valence-corrected chi connectivity index (χ1v) is 12.8. The van der Waals surface area contributed by atoms with E-state index in [1.807, 2.05) is 0 Å². The molecule has 0 saturated heterocycles. The van der Waals surface area contributed by atoms with E-state index in [2.05, 4.69) is 30.5 Å². The van der Waals surface area contributed by atoms with Gasteiger partial charge in [0, 0.05) is 34.6 Å². The maximum atomic E-state index is 13.2. The van der Waals surface area contributed by atoms with E-state index in [4.69, 9.17) is 5.73 Å². The van der Waals surface area contributed by atoms with Crippen LogP contribution in [0.3, 0.4) is 0 Å². The van der Waals surface area contributed by atoms with E-state index >= 15 is 0 Å². The lowest BCUT2D eigenvalue weighted by Gasteiger charge is -2.16. The van der Waals surface area contributed by atoms with Crippen molar-refractivity contribution in [2.75, 3.05) is 11.1 Å². The van der Waals surface area contributed by atoms with Crippen LogP contribution in [0, 0.1) is 6.92 Å². The minimum Gasteiger partial charge on any atom is -0.507 e. The standard InChI is InChI=1S/C30H21F3N8O2/c1-16-5-6-18(28(43)39-21-4-2-3-20(14-21)30(31,32)33)11-22(16)23-12-19-15-36-29(34)40-26(19)25(27(23)42)17-7-8-35-24(13-17)41-37-9-10-38-41/h2-15,42H,1H3,(H,39,43)(H2,34,36,40). The molecular formula is C30H21F3N8O2. The van der Waals surface area contributed by atoms with Crippen LogP contribution in [0.1, 0.15) is 21.5 Å². The maximum absolute atomic E-state index is 13.2. The van der Waals surface area contributed by atoms with Gasteiger partial charge in [0.25, 0.3) is 5.91 Å². The number of halogens is 3. The molecule has 0 radical (unpaired) electrons. The highest BCUT2D eigenvalue weighted by Crippen LogP contribution is 2.44. The van der Waals surface area contributed by atoms with E-state index in [0.717, 1.165) is 17.7 Å². The number of aromatic nitrogens is 6. The SMILES string of the molecule is Cc1ccc(C(=O)Nc2cccc(C(F)(F)F)c2)cc1-c1cc2cnc(N)nc2c(-c2ccnc(-n3nccn3)c2)c1O. The monoisotopic (exact) mass is 582 g/mol. The molecule has 3 heterocycles. The van der Waals surface area contributed by atoms with Crippen molar-refractivity contribution in [3.63, 3.8) is 0 Å². The Morgan fingerprint density at radius 1 is 0.953 bits per heavy atom. The molecule has 0 aliphatic carbocycles. The third kappa shape index (κ3) is 5.30. The van der Waals surface area contributed by atoms with Crippen molar-refractivity contribution in [2.24, 2.45) is 0 Å². The molecule has 10 nitrogen and oxygen atoms in total. The fourth-order valence-electron chi connectivity index (χ4n) is 4.71. The number of nitrogens with two attached hydrogens (primary N) is 1. The van der Waals surface area contributed by atoms with Gasteiger partial charge >= 0.3 is 6.18 Å². The lowest BCUT2D eigenvalue weighted by Crippen LogP contribution is -2.13. The third-order valence-electron chi connectivity index (χ3n) is 6.76. The summed E-state index contributed by atoms with van der Waals surface area (Å²) >= 11 is 0. The Morgan fingerprint density at radius 2 is 1.74 bits per heavy atom. The number of phenolic OH excluding ortho intramolecular Hbond substituents is 1. The van der Waals surface area contributed by atoms with Crippen LogP contribution >= 0.6 is 0 Å². The Hall–Kier alpha value is -5.85. The Bertz CT molecular complexity index is 2010. The molecule has 0 atom stereocenters. The van der Waals surface area contributed by atoms with Gasteiger partial charge in [-0.15, -0.1) is 4.80 Å². The number of fused-ring (bicyclic) bond motifs is 1. The molecule has 6 aromatic rings. The number of hydrogen-bond acceptors (Lipinski definition) is 8. The molecule has 214 valence electrons. The Labute approximate surface area is 241 Å². The van der Waals surface area contributed by atoms with Crippen molar-refractivity contribution >= 4 is 28.4 Å². The summed E-state index contributed by atoms with van der Waals surface area (Å²) in [4.78, 5) is 27.3. The summed E-state index contributed by atoms with van der Waals surface area (Å²) in [5, 5.41) is 23.0. The summed E-state index contributed by atoms with van der Waals surface area (Å²) in [7, 11) is 0. The predicted octanol–water partition coefficient (Wildman–Crippen LogP) is 5.81. The number of carbonyl (C=O) groups is 1. The number of amides is 1. The fourth-order valence-corrected chi connectivity index (χ4v) is 4.71. The molecule has 0 bridgehead atoms. The van der Waals surface area contributed by atoms with Crippen LogP contribution in [0.25, 0.3) is 39.0 Å². The van der Waals surface area contributed by atoms with E-state index in [0.29, 0.717) is 39.0 Å². The number of rotatable bonds is 5. The summed E-state index contributed by atoms with van der Waals surface area (Å²) in [6.07, 6.45) is 1.53. The van der Waals surface area contributed by atoms with Crippen LogP contribution in [0.15, 0.2) is 85.5 Å². The summed E-state index contributed by atoms with van der Waals surface area (Å²) in [6, 6.07) is 14.2. The van der Waals surface area contributed by atoms with Gasteiger partial charge < -0.3 is 16.2 Å². The normalized spacial score (nSPS) is 11.5. The summed E-state index contributed by atoms with van der Waals surface area (Å²) in [5.74, 6) is -0.363. The van der Waals surface area contributed by atoms with E-state index in [9.17, 15) is 23.1 Å². The Kier molecular flexibility index (Phi) is 6.69. The predicted molar refractivity (Wildman–Crippen MR) is 153 cm³/mol. The lowest BCUT2D eigenvalue weighted by molar-refractivity contribution is -0.137. The molecule has 0 saturated carbocycles. The molecule has 0 fully saturated rings. The Morgan fingerprint density at radius 3 is 2.51 bits per heavy atom. The molecule has 0 aliphatic rings. The van der Waals surface area contributed by atoms with Crippen molar-refractivity contribution in [2.45, 2.75) is 13.1 Å². The number of nitrogens with one attached hydrogen (secondary N) is 1. The van der Waals surface area contributed by atoms with Gasteiger partial charge in [-0.2, -0.15) is 23.4 Å². The van der Waals surface area contributed by atoms with Crippen molar-refractivity contribution < 1.29 is 23.1 Å². The number of anilines is 2. The highest BCUT2D eigenvalue weighted by molar-refractivity contribution is 6.06. The van der Waals surface area contributed by atoms with Gasteiger partial charge in [0.2, 0.25) is 5.95 Å². The zero-order valence-electron chi connectivity index (χ0n) is 22.3. The number of alkyl halides is 3. The van der Waals surface area contributed by atoms with Crippen LogP contribution in [0.4, 0.5) is 24.8 Å². The molecule has 1 amide bonds. The fraction of sp³-hybridized carbons (Fsp3) is 0.0667. The first kappa shape index (κ1) is 27.3. The van der Waals surface area contributed by atoms with Crippen LogP contribution < -0.4 is 11.1 Å². The molecule has 43 heavy (non-hydrogen) atoms. The van der Waals surface area contributed by atoms with Gasteiger partial charge in [-0.1, -0.05) is 12.1 Å². The molecule has 3 aromatic heterocycles. The van der Waals surface area contributed by atoms with Crippen molar-refractivity contribution in [1.29, 1.82) is 0 Å². The number of aryl methyl sites for hydroxylation is 1. The first-order valence-electron chi connectivity index (χ1n) is 12.8. The molecule has 13 heteroatoms. The minimum atomic E-state index is -4.55. The second kappa shape index (κ2) is 10.5. The number of phenols is 1. The number of hydrogen-bond donors (Lipinski definition) is 3. The van der Waals surface area contributed by atoms with Crippen LogP contribution in [-0.4, -0.2) is 41.0 Å². The summed E-state index contributed by atoms with van der Waals surface area (Å²) in [5.41, 5.74) is 8.07. The minimum absolute atomic E-state index is 0.00677. The van der Waals surface area contributed by atoms with Crippen molar-refractivity contribution in [3.05, 3.63) is 102 Å². The molecule has 0 unspecified atom stereocenters. The average Bonchev–Trinajstić information content (AvgIpc) is 3.52. The van der Waals surface area contributed by atoms with Crippen LogP contribution in [-0.2, 0) is 6.18 Å². The zero-order chi connectivity index (χ0) is 30.3. The van der Waals surface area contributed by atoms with E-state index in [-0.39, 0.29) is 22.9 Å². The molecule has 0 aliphatic heterocycles. The van der Waals surface area contributed by atoms with Gasteiger partial charge in [-0.25, -0.2) is 15.0 Å². The molecule has 3 aromatic carbocycles. The van der Waals surface area contributed by atoms with E-state index < -0.39 is 17.6 Å². The highest BCUT2D eigenvalue weighted by atomic mass is 19.4. The molecule has 0 spiro atoms. The first-order chi connectivity index (χ1) is 20.6. The van der Waals surface area contributed by atoms with Gasteiger partial charge in [0.15, 0.2) is 5.82 Å². The van der Waals surface area contributed by atoms with Gasteiger partial charge in [-0.05, 0) is 72.1 Å². The number of aromatic hydroxyl groups is 1.